The molecule has 0 spiro atoms. The van der Waals surface area contributed by atoms with Crippen molar-refractivity contribution in [1.29, 1.82) is 0 Å². The van der Waals surface area contributed by atoms with Crippen molar-refractivity contribution in [2.45, 2.75) is 26.4 Å². The Bertz CT molecular complexity index is 809. The van der Waals surface area contributed by atoms with Gasteiger partial charge in [-0.25, -0.2) is 5.43 Å². The van der Waals surface area contributed by atoms with Gasteiger partial charge in [-0.05, 0) is 49.2 Å². The Morgan fingerprint density at radius 3 is 2.73 bits per heavy atom. The molecule has 0 aliphatic carbocycles. The number of carbonyl (C=O) groups excluding carboxylic acids is 1. The van der Waals surface area contributed by atoms with Crippen molar-refractivity contribution in [3.05, 3.63) is 57.6 Å². The summed E-state index contributed by atoms with van der Waals surface area (Å²) in [5.41, 5.74) is 3.53. The second kappa shape index (κ2) is 9.46. The molecule has 2 aromatic carbocycles. The zero-order valence-electron chi connectivity index (χ0n) is 14.8. The Hall–Kier alpha value is -2.24. The number of rotatable bonds is 7. The van der Waals surface area contributed by atoms with E-state index in [0.29, 0.717) is 32.7 Å². The number of hydrogen-bond donors (Lipinski definition) is 1. The van der Waals surface area contributed by atoms with Crippen LogP contribution < -0.4 is 14.9 Å². The van der Waals surface area contributed by atoms with Crippen molar-refractivity contribution >= 4 is 35.3 Å². The lowest BCUT2D eigenvalue weighted by atomic mass is 10.2. The molecule has 0 aliphatic heterocycles. The van der Waals surface area contributed by atoms with Crippen molar-refractivity contribution in [2.24, 2.45) is 5.10 Å². The Kier molecular flexibility index (Phi) is 7.30. The first-order valence-corrected chi connectivity index (χ1v) is 8.83. The third kappa shape index (κ3) is 5.38. The Morgan fingerprint density at radius 1 is 1.31 bits per heavy atom. The first kappa shape index (κ1) is 20.1. The van der Waals surface area contributed by atoms with Gasteiger partial charge in [0.15, 0.2) is 11.5 Å². The highest BCUT2D eigenvalue weighted by molar-refractivity contribution is 6.32. The lowest BCUT2D eigenvalue weighted by molar-refractivity contribution is 0.0955. The number of nitrogens with one attached hydrogen (secondary N) is 1. The molecular weight excluding hydrogens is 375 g/mol. The highest BCUT2D eigenvalue weighted by atomic mass is 35.5. The molecule has 5 nitrogen and oxygen atoms in total. The number of amides is 1. The Balaban J connectivity index is 2.12. The summed E-state index contributed by atoms with van der Waals surface area (Å²) in [5.74, 6) is 0.627. The number of methoxy groups -OCH3 is 1. The number of halogens is 2. The summed E-state index contributed by atoms with van der Waals surface area (Å²) in [4.78, 5) is 12.0. The second-order valence-electron chi connectivity index (χ2n) is 5.58. The van der Waals surface area contributed by atoms with E-state index in [9.17, 15) is 4.79 Å². The molecule has 26 heavy (non-hydrogen) atoms. The first-order valence-electron chi connectivity index (χ1n) is 8.07. The molecule has 0 heterocycles. The van der Waals surface area contributed by atoms with Crippen LogP contribution in [-0.2, 0) is 0 Å². The van der Waals surface area contributed by atoms with Gasteiger partial charge in [0.25, 0.3) is 5.91 Å². The molecule has 2 rings (SSSR count). The van der Waals surface area contributed by atoms with Gasteiger partial charge in [-0.3, -0.25) is 4.79 Å². The zero-order chi connectivity index (χ0) is 19.1. The van der Waals surface area contributed by atoms with E-state index >= 15 is 0 Å². The number of carbonyl (C=O) groups is 1. The predicted molar refractivity (Wildman–Crippen MR) is 105 cm³/mol. The van der Waals surface area contributed by atoms with Crippen molar-refractivity contribution < 1.29 is 14.3 Å². The van der Waals surface area contributed by atoms with E-state index in [0.717, 1.165) is 6.42 Å². The van der Waals surface area contributed by atoms with Crippen LogP contribution in [0.5, 0.6) is 11.5 Å². The lowest BCUT2D eigenvalue weighted by Crippen LogP contribution is -2.17. The standard InChI is InChI=1S/C19H20Cl2N2O3/c1-4-12(2)26-18-16(21)8-13(9-17(18)25-3)11-22-23-19(24)14-6-5-7-15(20)10-14/h5-12H,4H2,1-3H3,(H,23,24). The molecule has 1 atom stereocenters. The van der Waals surface area contributed by atoms with Crippen LogP contribution in [0.4, 0.5) is 0 Å². The fourth-order valence-corrected chi connectivity index (χ4v) is 2.53. The van der Waals surface area contributed by atoms with E-state index in [-0.39, 0.29) is 12.0 Å². The summed E-state index contributed by atoms with van der Waals surface area (Å²) in [6.45, 7) is 3.98. The molecule has 0 aromatic heterocycles. The fourth-order valence-electron chi connectivity index (χ4n) is 2.07. The van der Waals surface area contributed by atoms with Crippen LogP contribution in [0.2, 0.25) is 10.0 Å². The smallest absolute Gasteiger partial charge is 0.271 e. The highest BCUT2D eigenvalue weighted by Crippen LogP contribution is 2.37. The highest BCUT2D eigenvalue weighted by Gasteiger charge is 2.14. The monoisotopic (exact) mass is 394 g/mol. The van der Waals surface area contributed by atoms with Gasteiger partial charge in [-0.2, -0.15) is 5.10 Å². The molecule has 138 valence electrons. The molecule has 0 aliphatic rings. The predicted octanol–water partition coefficient (Wildman–Crippen LogP) is 4.94. The number of hydrazone groups is 1. The summed E-state index contributed by atoms with van der Waals surface area (Å²) in [6.07, 6.45) is 2.33. The van der Waals surface area contributed by atoms with Gasteiger partial charge in [0.05, 0.1) is 24.5 Å². The maximum atomic E-state index is 12.0. The molecule has 0 fully saturated rings. The summed E-state index contributed by atoms with van der Waals surface area (Å²) < 4.78 is 11.1. The lowest BCUT2D eigenvalue weighted by Gasteiger charge is -2.17. The molecule has 1 unspecified atom stereocenters. The zero-order valence-corrected chi connectivity index (χ0v) is 16.3. The quantitative estimate of drug-likeness (QED) is 0.534. The van der Waals surface area contributed by atoms with Crippen molar-refractivity contribution in [3.8, 4) is 11.5 Å². The molecule has 2 aromatic rings. The molecule has 0 radical (unpaired) electrons. The number of nitrogens with zero attached hydrogens (tertiary/aromatic N) is 1. The normalized spacial score (nSPS) is 12.0. The Morgan fingerprint density at radius 2 is 2.08 bits per heavy atom. The second-order valence-corrected chi connectivity index (χ2v) is 6.42. The SMILES string of the molecule is CCC(C)Oc1c(Cl)cc(C=NNC(=O)c2cccc(Cl)c2)cc1OC. The average molecular weight is 395 g/mol. The van der Waals surface area contributed by atoms with Crippen LogP contribution in [0.3, 0.4) is 0 Å². The minimum Gasteiger partial charge on any atom is -0.493 e. The summed E-state index contributed by atoms with van der Waals surface area (Å²) in [6, 6.07) is 10.0. The summed E-state index contributed by atoms with van der Waals surface area (Å²) in [5, 5.41) is 4.84. The fraction of sp³-hybridized carbons (Fsp3) is 0.263. The average Bonchev–Trinajstić information content (AvgIpc) is 2.63. The number of hydrogen-bond acceptors (Lipinski definition) is 4. The first-order chi connectivity index (χ1) is 12.4. The van der Waals surface area contributed by atoms with Crippen molar-refractivity contribution in [1.82, 2.24) is 5.43 Å². The minimum atomic E-state index is -0.362. The third-order valence-electron chi connectivity index (χ3n) is 3.61. The number of ether oxygens (including phenoxy) is 2. The summed E-state index contributed by atoms with van der Waals surface area (Å²) >= 11 is 12.2. The number of benzene rings is 2. The van der Waals surface area contributed by atoms with Crippen molar-refractivity contribution in [2.75, 3.05) is 7.11 Å². The van der Waals surface area contributed by atoms with Gasteiger partial charge in [0.1, 0.15) is 0 Å². The maximum Gasteiger partial charge on any atom is 0.271 e. The van der Waals surface area contributed by atoms with Gasteiger partial charge in [-0.1, -0.05) is 36.2 Å². The van der Waals surface area contributed by atoms with Gasteiger partial charge in [0.2, 0.25) is 0 Å². The molecule has 7 heteroatoms. The van der Waals surface area contributed by atoms with Crippen LogP contribution in [0.15, 0.2) is 41.5 Å². The molecule has 0 bridgehead atoms. The van der Waals surface area contributed by atoms with Gasteiger partial charge in [-0.15, -0.1) is 0 Å². The van der Waals surface area contributed by atoms with E-state index in [1.807, 2.05) is 13.8 Å². The van der Waals surface area contributed by atoms with E-state index in [2.05, 4.69) is 10.5 Å². The van der Waals surface area contributed by atoms with Gasteiger partial charge in [0, 0.05) is 10.6 Å². The molecule has 0 saturated carbocycles. The van der Waals surface area contributed by atoms with Gasteiger partial charge >= 0.3 is 0 Å². The van der Waals surface area contributed by atoms with E-state index in [1.54, 1.807) is 36.4 Å². The minimum absolute atomic E-state index is 0.0119. The summed E-state index contributed by atoms with van der Waals surface area (Å²) in [7, 11) is 1.54. The van der Waals surface area contributed by atoms with Crippen LogP contribution >= 0.6 is 23.2 Å². The largest absolute Gasteiger partial charge is 0.493 e. The molecular formula is C19H20Cl2N2O3. The Labute approximate surface area is 162 Å². The van der Waals surface area contributed by atoms with Crippen LogP contribution in [0.1, 0.15) is 36.2 Å². The van der Waals surface area contributed by atoms with Crippen LogP contribution in [0.25, 0.3) is 0 Å². The van der Waals surface area contributed by atoms with Crippen LogP contribution in [0, 0.1) is 0 Å². The molecule has 0 saturated heterocycles. The maximum absolute atomic E-state index is 12.0. The van der Waals surface area contributed by atoms with E-state index < -0.39 is 0 Å². The molecule has 1 N–H and O–H groups in total. The molecule has 1 amide bonds. The topological polar surface area (TPSA) is 59.9 Å². The van der Waals surface area contributed by atoms with E-state index in [1.165, 1.54) is 13.3 Å². The third-order valence-corrected chi connectivity index (χ3v) is 4.13. The van der Waals surface area contributed by atoms with Crippen LogP contribution in [-0.4, -0.2) is 25.3 Å². The van der Waals surface area contributed by atoms with Gasteiger partial charge < -0.3 is 9.47 Å². The van der Waals surface area contributed by atoms with Crippen molar-refractivity contribution in [3.63, 3.8) is 0 Å². The van der Waals surface area contributed by atoms with E-state index in [4.69, 9.17) is 32.7 Å².